The zero-order valence-corrected chi connectivity index (χ0v) is 16.0. The van der Waals surface area contributed by atoms with Crippen LogP contribution in [0.15, 0.2) is 63.7 Å². The molecular formula is C20H14BrFN2O4. The van der Waals surface area contributed by atoms with Crippen molar-refractivity contribution in [3.05, 3.63) is 76.4 Å². The number of benzene rings is 2. The molecule has 1 aliphatic heterocycles. The van der Waals surface area contributed by atoms with Crippen LogP contribution in [0.4, 0.5) is 15.8 Å². The lowest BCUT2D eigenvalue weighted by Gasteiger charge is -2.30. The molecule has 1 aliphatic rings. The summed E-state index contributed by atoms with van der Waals surface area (Å²) in [6.45, 7) is 0.179. The van der Waals surface area contributed by atoms with Gasteiger partial charge in [0.2, 0.25) is 0 Å². The fourth-order valence-electron chi connectivity index (χ4n) is 2.85. The van der Waals surface area contributed by atoms with Crippen molar-refractivity contribution in [2.24, 2.45) is 0 Å². The number of carbonyl (C=O) groups excluding carboxylic acids is 2. The number of rotatable bonds is 4. The van der Waals surface area contributed by atoms with Gasteiger partial charge in [0.15, 0.2) is 17.0 Å². The summed E-state index contributed by atoms with van der Waals surface area (Å²) in [5, 5.41) is 2.73. The standard InChI is InChI=1S/C20H14BrFN2O4/c21-18-8-7-17(28-18)20(26)23-14-5-6-16-15(9-14)24(19(25)11-27-16)10-12-1-3-13(22)4-2-12/h1-9H,10-11H2,(H,23,26). The highest BCUT2D eigenvalue weighted by Crippen LogP contribution is 2.35. The van der Waals surface area contributed by atoms with Gasteiger partial charge in [-0.2, -0.15) is 0 Å². The predicted octanol–water partition coefficient (Wildman–Crippen LogP) is 4.36. The van der Waals surface area contributed by atoms with Crippen LogP contribution in [-0.2, 0) is 11.3 Å². The number of hydrogen-bond donors (Lipinski definition) is 1. The average molecular weight is 445 g/mol. The summed E-state index contributed by atoms with van der Waals surface area (Å²) in [5.41, 5.74) is 1.79. The first-order valence-electron chi connectivity index (χ1n) is 8.38. The van der Waals surface area contributed by atoms with E-state index in [9.17, 15) is 14.0 Å². The van der Waals surface area contributed by atoms with Crippen LogP contribution in [0.25, 0.3) is 0 Å². The van der Waals surface area contributed by atoms with Crippen molar-refractivity contribution in [2.75, 3.05) is 16.8 Å². The van der Waals surface area contributed by atoms with Crippen molar-refractivity contribution >= 4 is 39.1 Å². The molecule has 0 atom stereocenters. The van der Waals surface area contributed by atoms with Crippen molar-refractivity contribution in [3.8, 4) is 5.75 Å². The summed E-state index contributed by atoms with van der Waals surface area (Å²) in [4.78, 5) is 26.2. The van der Waals surface area contributed by atoms with E-state index < -0.39 is 5.91 Å². The fourth-order valence-corrected chi connectivity index (χ4v) is 3.16. The minimum Gasteiger partial charge on any atom is -0.482 e. The molecule has 0 spiro atoms. The number of fused-ring (bicyclic) bond motifs is 1. The summed E-state index contributed by atoms with van der Waals surface area (Å²) in [6.07, 6.45) is 0. The molecule has 0 unspecified atom stereocenters. The molecule has 0 saturated carbocycles. The van der Waals surface area contributed by atoms with E-state index in [1.807, 2.05) is 0 Å². The van der Waals surface area contributed by atoms with E-state index in [1.54, 1.807) is 47.4 Å². The van der Waals surface area contributed by atoms with Gasteiger partial charge in [0.05, 0.1) is 12.2 Å². The minimum atomic E-state index is -0.418. The summed E-state index contributed by atoms with van der Waals surface area (Å²) < 4.78 is 24.3. The van der Waals surface area contributed by atoms with Crippen LogP contribution in [0.5, 0.6) is 5.75 Å². The Kier molecular flexibility index (Phi) is 4.87. The van der Waals surface area contributed by atoms with Crippen LogP contribution < -0.4 is 15.0 Å². The number of ether oxygens (including phenoxy) is 1. The highest BCUT2D eigenvalue weighted by Gasteiger charge is 2.26. The first-order chi connectivity index (χ1) is 13.5. The van der Waals surface area contributed by atoms with Crippen molar-refractivity contribution in [1.82, 2.24) is 0 Å². The van der Waals surface area contributed by atoms with Gasteiger partial charge in [0.1, 0.15) is 11.6 Å². The Balaban J connectivity index is 1.60. The van der Waals surface area contributed by atoms with Crippen LogP contribution in [0.3, 0.4) is 0 Å². The van der Waals surface area contributed by atoms with Crippen LogP contribution >= 0.6 is 15.9 Å². The fraction of sp³-hybridized carbons (Fsp3) is 0.100. The third kappa shape index (κ3) is 3.77. The SMILES string of the molecule is O=C(Nc1ccc2c(c1)N(Cc1ccc(F)cc1)C(=O)CO2)c1ccc(Br)o1. The van der Waals surface area contributed by atoms with Gasteiger partial charge in [0, 0.05) is 5.69 Å². The first-order valence-corrected chi connectivity index (χ1v) is 9.17. The van der Waals surface area contributed by atoms with Crippen LogP contribution in [-0.4, -0.2) is 18.4 Å². The van der Waals surface area contributed by atoms with Crippen LogP contribution in [0.1, 0.15) is 16.1 Å². The molecule has 0 aliphatic carbocycles. The molecule has 0 radical (unpaired) electrons. The van der Waals surface area contributed by atoms with Gasteiger partial charge in [0.25, 0.3) is 11.8 Å². The number of nitrogens with one attached hydrogen (secondary N) is 1. The quantitative estimate of drug-likeness (QED) is 0.648. The zero-order valence-electron chi connectivity index (χ0n) is 14.4. The largest absolute Gasteiger partial charge is 0.482 e. The summed E-state index contributed by atoms with van der Waals surface area (Å²) in [5.74, 6) is -0.304. The van der Waals surface area contributed by atoms with Gasteiger partial charge in [-0.05, 0) is 64.0 Å². The zero-order chi connectivity index (χ0) is 19.7. The lowest BCUT2D eigenvalue weighted by atomic mass is 10.1. The second-order valence-corrected chi connectivity index (χ2v) is 6.92. The highest BCUT2D eigenvalue weighted by atomic mass is 79.9. The summed E-state index contributed by atoms with van der Waals surface area (Å²) >= 11 is 3.15. The van der Waals surface area contributed by atoms with E-state index in [4.69, 9.17) is 9.15 Å². The highest BCUT2D eigenvalue weighted by molar-refractivity contribution is 9.10. The number of nitrogens with zero attached hydrogens (tertiary/aromatic N) is 1. The summed E-state index contributed by atoms with van der Waals surface area (Å²) in [6, 6.07) is 14.1. The van der Waals surface area contributed by atoms with Crippen LogP contribution in [0, 0.1) is 5.82 Å². The van der Waals surface area contributed by atoms with E-state index in [-0.39, 0.29) is 30.6 Å². The van der Waals surface area contributed by atoms with Gasteiger partial charge in [-0.3, -0.25) is 9.59 Å². The molecule has 0 saturated heterocycles. The molecule has 6 nitrogen and oxygen atoms in total. The Bertz CT molecular complexity index is 1050. The number of furan rings is 1. The molecule has 1 aromatic heterocycles. The molecule has 142 valence electrons. The van der Waals surface area contributed by atoms with Crippen LogP contribution in [0.2, 0.25) is 0 Å². The molecular weight excluding hydrogens is 431 g/mol. The lowest BCUT2D eigenvalue weighted by molar-refractivity contribution is -0.121. The number of hydrogen-bond acceptors (Lipinski definition) is 4. The lowest BCUT2D eigenvalue weighted by Crippen LogP contribution is -2.38. The first kappa shape index (κ1) is 18.2. The normalized spacial score (nSPS) is 13.1. The van der Waals surface area contributed by atoms with Gasteiger partial charge in [-0.15, -0.1) is 0 Å². The number of carbonyl (C=O) groups is 2. The van der Waals surface area contributed by atoms with E-state index in [0.717, 1.165) is 5.56 Å². The molecule has 2 heterocycles. The molecule has 2 amide bonds. The van der Waals surface area contributed by atoms with Gasteiger partial charge in [-0.1, -0.05) is 12.1 Å². The Hall–Kier alpha value is -3.13. The van der Waals surface area contributed by atoms with Crippen molar-refractivity contribution in [3.63, 3.8) is 0 Å². The second kappa shape index (κ2) is 7.47. The third-order valence-corrected chi connectivity index (χ3v) is 4.64. The van der Waals surface area contributed by atoms with Crippen molar-refractivity contribution in [1.29, 1.82) is 0 Å². The minimum absolute atomic E-state index is 0.0830. The summed E-state index contributed by atoms with van der Waals surface area (Å²) in [7, 11) is 0. The smallest absolute Gasteiger partial charge is 0.291 e. The molecule has 28 heavy (non-hydrogen) atoms. The van der Waals surface area contributed by atoms with E-state index in [1.165, 1.54) is 12.1 Å². The third-order valence-electron chi connectivity index (χ3n) is 4.21. The molecule has 1 N–H and O–H groups in total. The number of halogens is 2. The Morgan fingerprint density at radius 2 is 1.93 bits per heavy atom. The molecule has 0 fully saturated rings. The Labute approximate surface area is 168 Å². The Morgan fingerprint density at radius 3 is 2.64 bits per heavy atom. The maximum Gasteiger partial charge on any atom is 0.291 e. The Morgan fingerprint density at radius 1 is 1.14 bits per heavy atom. The molecule has 8 heteroatoms. The number of anilines is 2. The van der Waals surface area contributed by atoms with Gasteiger partial charge < -0.3 is 19.4 Å². The molecule has 3 aromatic rings. The van der Waals surface area contributed by atoms with E-state index >= 15 is 0 Å². The van der Waals surface area contributed by atoms with Crippen molar-refractivity contribution in [2.45, 2.75) is 6.54 Å². The maximum absolute atomic E-state index is 13.1. The average Bonchev–Trinajstić information content (AvgIpc) is 3.12. The second-order valence-electron chi connectivity index (χ2n) is 6.14. The predicted molar refractivity (Wildman–Crippen MR) is 104 cm³/mol. The van der Waals surface area contributed by atoms with Gasteiger partial charge >= 0.3 is 0 Å². The van der Waals surface area contributed by atoms with E-state index in [0.29, 0.717) is 21.8 Å². The van der Waals surface area contributed by atoms with Gasteiger partial charge in [-0.25, -0.2) is 4.39 Å². The molecule has 0 bridgehead atoms. The topological polar surface area (TPSA) is 71.8 Å². The molecule has 4 rings (SSSR count). The number of amides is 2. The monoisotopic (exact) mass is 444 g/mol. The van der Waals surface area contributed by atoms with Crippen molar-refractivity contribution < 1.29 is 23.1 Å². The van der Waals surface area contributed by atoms with E-state index in [2.05, 4.69) is 21.2 Å². The maximum atomic E-state index is 13.1. The molecule has 2 aromatic carbocycles.